The molecule has 0 amide bonds. The Bertz CT molecular complexity index is 1910. The minimum atomic E-state index is -0.0196. The quantitative estimate of drug-likeness (QED) is 0.226. The first-order valence-corrected chi connectivity index (χ1v) is 13.7. The van der Waals surface area contributed by atoms with Gasteiger partial charge < -0.3 is 9.47 Å². The first-order valence-electron chi connectivity index (χ1n) is 13.7. The van der Waals surface area contributed by atoms with Gasteiger partial charge in [0, 0.05) is 16.6 Å². The van der Waals surface area contributed by atoms with Gasteiger partial charge in [-0.05, 0) is 63.9 Å². The lowest BCUT2D eigenvalue weighted by atomic mass is 9.34. The molecule has 40 heavy (non-hydrogen) atoms. The number of hydrogen-bond acceptors (Lipinski definition) is 2. The first kappa shape index (κ1) is 22.9. The van der Waals surface area contributed by atoms with Crippen molar-refractivity contribution in [2.75, 3.05) is 0 Å². The molecule has 0 saturated heterocycles. The third-order valence-electron chi connectivity index (χ3n) is 8.17. The highest BCUT2D eigenvalue weighted by Crippen LogP contribution is 2.43. The first-order chi connectivity index (χ1) is 19.8. The summed E-state index contributed by atoms with van der Waals surface area (Å²) in [7, 11) is 0. The van der Waals surface area contributed by atoms with Gasteiger partial charge >= 0.3 is 0 Å². The summed E-state index contributed by atoms with van der Waals surface area (Å²) in [4.78, 5) is 0. The summed E-state index contributed by atoms with van der Waals surface area (Å²) in [6.07, 6.45) is 0. The molecule has 0 saturated carbocycles. The molecule has 0 spiro atoms. The molecule has 6 aromatic rings. The van der Waals surface area contributed by atoms with Gasteiger partial charge in [0.1, 0.15) is 23.0 Å². The zero-order chi connectivity index (χ0) is 26.6. The van der Waals surface area contributed by atoms with Gasteiger partial charge in [0.2, 0.25) is 0 Å². The SMILES string of the molecule is Cc1ccccc1-c1ccc2c3c1Oc1ccc(-c4ccccc4)cc1B3c1cccc(-c3ccccc3)c1O2. The third kappa shape index (κ3) is 3.51. The Morgan fingerprint density at radius 1 is 0.450 bits per heavy atom. The van der Waals surface area contributed by atoms with Crippen molar-refractivity contribution in [1.29, 1.82) is 0 Å². The number of aryl methyl sites for hydroxylation is 1. The van der Waals surface area contributed by atoms with Gasteiger partial charge in [-0.25, -0.2) is 0 Å². The Balaban J connectivity index is 1.40. The van der Waals surface area contributed by atoms with E-state index in [0.29, 0.717) is 0 Å². The number of fused-ring (bicyclic) bond motifs is 4. The predicted molar refractivity (Wildman–Crippen MR) is 165 cm³/mol. The van der Waals surface area contributed by atoms with Crippen molar-refractivity contribution in [3.63, 3.8) is 0 Å². The highest BCUT2D eigenvalue weighted by molar-refractivity contribution is 6.98. The van der Waals surface area contributed by atoms with Crippen LogP contribution in [0.2, 0.25) is 0 Å². The molecule has 0 bridgehead atoms. The van der Waals surface area contributed by atoms with Crippen molar-refractivity contribution in [2.45, 2.75) is 6.92 Å². The van der Waals surface area contributed by atoms with E-state index in [1.807, 2.05) is 6.07 Å². The van der Waals surface area contributed by atoms with Crippen molar-refractivity contribution >= 4 is 23.1 Å². The van der Waals surface area contributed by atoms with Crippen LogP contribution in [0.3, 0.4) is 0 Å². The van der Waals surface area contributed by atoms with E-state index in [2.05, 4.69) is 134 Å². The van der Waals surface area contributed by atoms with E-state index in [-0.39, 0.29) is 6.71 Å². The van der Waals surface area contributed by atoms with Gasteiger partial charge in [-0.15, -0.1) is 0 Å². The molecule has 6 aromatic carbocycles. The smallest absolute Gasteiger partial charge is 0.260 e. The normalized spacial score (nSPS) is 12.5. The van der Waals surface area contributed by atoms with Gasteiger partial charge in [-0.2, -0.15) is 0 Å². The van der Waals surface area contributed by atoms with E-state index in [1.165, 1.54) is 22.3 Å². The van der Waals surface area contributed by atoms with Crippen molar-refractivity contribution in [3.05, 3.63) is 139 Å². The van der Waals surface area contributed by atoms with Crippen LogP contribution in [0.5, 0.6) is 23.0 Å². The molecule has 0 atom stereocenters. The van der Waals surface area contributed by atoms with Crippen LogP contribution in [0, 0.1) is 6.92 Å². The molecule has 0 aliphatic carbocycles. The van der Waals surface area contributed by atoms with E-state index in [1.54, 1.807) is 0 Å². The molecule has 2 aliphatic heterocycles. The third-order valence-corrected chi connectivity index (χ3v) is 8.17. The number of para-hydroxylation sites is 1. The second kappa shape index (κ2) is 9.03. The van der Waals surface area contributed by atoms with Crippen LogP contribution in [0.15, 0.2) is 133 Å². The molecule has 188 valence electrons. The second-order valence-electron chi connectivity index (χ2n) is 10.5. The number of hydrogen-bond donors (Lipinski definition) is 0. The van der Waals surface area contributed by atoms with Gasteiger partial charge in [-0.1, -0.05) is 115 Å². The topological polar surface area (TPSA) is 18.5 Å². The molecule has 3 heteroatoms. The van der Waals surface area contributed by atoms with Crippen LogP contribution in [-0.2, 0) is 0 Å². The van der Waals surface area contributed by atoms with Crippen LogP contribution in [-0.4, -0.2) is 6.71 Å². The summed E-state index contributed by atoms with van der Waals surface area (Å²) in [5.74, 6) is 3.54. The van der Waals surface area contributed by atoms with Crippen LogP contribution in [0.1, 0.15) is 5.56 Å². The van der Waals surface area contributed by atoms with Crippen molar-refractivity contribution in [2.24, 2.45) is 0 Å². The van der Waals surface area contributed by atoms with Crippen molar-refractivity contribution in [3.8, 4) is 56.4 Å². The standard InChI is InChI=1S/C37H25BO2/c1-24-11-8-9-16-28(24)30-20-22-34-35-37(30)39-33-21-19-27(25-12-4-2-5-13-25)23-32(33)38(35)31-18-10-17-29(36(31)40-34)26-14-6-3-7-15-26/h2-23H,1H3. The largest absolute Gasteiger partial charge is 0.458 e. The number of rotatable bonds is 3. The summed E-state index contributed by atoms with van der Waals surface area (Å²) in [6, 6.07) is 46.9. The van der Waals surface area contributed by atoms with Crippen LogP contribution >= 0.6 is 0 Å². The lowest BCUT2D eigenvalue weighted by molar-refractivity contribution is 0.466. The maximum absolute atomic E-state index is 6.81. The summed E-state index contributed by atoms with van der Waals surface area (Å²) in [5, 5.41) is 0. The molecule has 0 unspecified atom stereocenters. The summed E-state index contributed by atoms with van der Waals surface area (Å²) >= 11 is 0. The van der Waals surface area contributed by atoms with Gasteiger partial charge in [0.15, 0.2) is 0 Å². The predicted octanol–water partition coefficient (Wildman–Crippen LogP) is 7.72. The maximum atomic E-state index is 6.81. The Morgan fingerprint density at radius 3 is 1.93 bits per heavy atom. The molecule has 0 N–H and O–H groups in total. The van der Waals surface area contributed by atoms with Crippen LogP contribution in [0.25, 0.3) is 33.4 Å². The van der Waals surface area contributed by atoms with Gasteiger partial charge in [-0.3, -0.25) is 0 Å². The van der Waals surface area contributed by atoms with E-state index < -0.39 is 0 Å². The fraction of sp³-hybridized carbons (Fsp3) is 0.0270. The highest BCUT2D eigenvalue weighted by atomic mass is 16.5. The van der Waals surface area contributed by atoms with Gasteiger partial charge in [0.05, 0.1) is 0 Å². The Kier molecular flexibility index (Phi) is 5.18. The maximum Gasteiger partial charge on any atom is 0.260 e. The Morgan fingerprint density at radius 2 is 1.12 bits per heavy atom. The minimum Gasteiger partial charge on any atom is -0.458 e. The fourth-order valence-electron chi connectivity index (χ4n) is 6.26. The molecule has 0 radical (unpaired) electrons. The van der Waals surface area contributed by atoms with Gasteiger partial charge in [0.25, 0.3) is 6.71 Å². The summed E-state index contributed by atoms with van der Waals surface area (Å²) in [6.45, 7) is 2.13. The molecular formula is C37H25BO2. The molecule has 8 rings (SSSR count). The zero-order valence-electron chi connectivity index (χ0n) is 22.1. The average molecular weight is 512 g/mol. The van der Waals surface area contributed by atoms with Crippen LogP contribution in [0.4, 0.5) is 0 Å². The van der Waals surface area contributed by atoms with Crippen molar-refractivity contribution < 1.29 is 9.47 Å². The average Bonchev–Trinajstić information content (AvgIpc) is 3.02. The monoisotopic (exact) mass is 512 g/mol. The van der Waals surface area contributed by atoms with E-state index in [0.717, 1.165) is 56.1 Å². The molecule has 2 aliphatic rings. The zero-order valence-corrected chi connectivity index (χ0v) is 22.1. The molecule has 2 nitrogen and oxygen atoms in total. The highest BCUT2D eigenvalue weighted by Gasteiger charge is 2.42. The Labute approximate surface area is 234 Å². The van der Waals surface area contributed by atoms with E-state index in [9.17, 15) is 0 Å². The second-order valence-corrected chi connectivity index (χ2v) is 10.5. The molecule has 0 fully saturated rings. The molecule has 0 aromatic heterocycles. The Hall–Kier alpha value is -5.02. The lowest BCUT2D eigenvalue weighted by Gasteiger charge is -2.35. The van der Waals surface area contributed by atoms with E-state index >= 15 is 0 Å². The number of benzene rings is 6. The summed E-state index contributed by atoms with van der Waals surface area (Å²) in [5.41, 5.74) is 11.5. The number of ether oxygens (including phenoxy) is 2. The molecule has 2 heterocycles. The fourth-order valence-corrected chi connectivity index (χ4v) is 6.26. The lowest BCUT2D eigenvalue weighted by Crippen LogP contribution is -2.57. The minimum absolute atomic E-state index is 0.0196. The van der Waals surface area contributed by atoms with Crippen LogP contribution < -0.4 is 25.9 Å². The molecular weight excluding hydrogens is 487 g/mol. The summed E-state index contributed by atoms with van der Waals surface area (Å²) < 4.78 is 13.6. The van der Waals surface area contributed by atoms with E-state index in [4.69, 9.17) is 9.47 Å². The van der Waals surface area contributed by atoms with Crippen molar-refractivity contribution in [1.82, 2.24) is 0 Å².